The number of fused-ring (bicyclic) bond motifs is 1. The number of nitrogens with zero attached hydrogens (tertiary/aromatic N) is 3. The zero-order valence-electron chi connectivity index (χ0n) is 22.6. The lowest BCUT2D eigenvalue weighted by Crippen LogP contribution is -2.24. The third-order valence-corrected chi connectivity index (χ3v) is 7.57. The number of pyridine rings is 1. The molecule has 0 atom stereocenters. The second-order valence-corrected chi connectivity index (χ2v) is 11.0. The molecule has 202 valence electrons. The van der Waals surface area contributed by atoms with E-state index in [-0.39, 0.29) is 5.91 Å². The number of anilines is 3. The highest BCUT2D eigenvalue weighted by Gasteiger charge is 2.14. The first-order chi connectivity index (χ1) is 19.5. The first kappa shape index (κ1) is 27.1. The van der Waals surface area contributed by atoms with Crippen molar-refractivity contribution in [2.24, 2.45) is 0 Å². The molecule has 8 heteroatoms. The molecule has 0 aliphatic rings. The van der Waals surface area contributed by atoms with Crippen molar-refractivity contribution in [2.45, 2.75) is 42.4 Å². The van der Waals surface area contributed by atoms with E-state index in [0.717, 1.165) is 39.4 Å². The van der Waals surface area contributed by atoms with E-state index in [1.807, 2.05) is 72.8 Å². The lowest BCUT2D eigenvalue weighted by atomic mass is 10.1. The molecule has 1 amide bonds. The number of nitrogens with one attached hydrogen (secondary N) is 2. The molecule has 0 fully saturated rings. The van der Waals surface area contributed by atoms with Gasteiger partial charge in [0.25, 0.3) is 5.91 Å². The summed E-state index contributed by atoms with van der Waals surface area (Å²) in [7, 11) is 0. The molecule has 40 heavy (non-hydrogen) atoms. The SMILES string of the molecule is CC(C)c1ccc2c(Nc3cc(C(=O)NCCCc4ccccc4)ccc3Sc3ccc(N)cc3)ncnc2n1. The minimum Gasteiger partial charge on any atom is -0.399 e. The molecule has 0 bridgehead atoms. The third kappa shape index (κ3) is 6.76. The molecule has 0 saturated heterocycles. The van der Waals surface area contributed by atoms with Crippen molar-refractivity contribution in [3.05, 3.63) is 108 Å². The van der Waals surface area contributed by atoms with Gasteiger partial charge in [-0.3, -0.25) is 4.79 Å². The van der Waals surface area contributed by atoms with Gasteiger partial charge < -0.3 is 16.4 Å². The lowest BCUT2D eigenvalue weighted by Gasteiger charge is -2.15. The molecule has 0 aliphatic carbocycles. The van der Waals surface area contributed by atoms with Crippen LogP contribution in [0.25, 0.3) is 11.0 Å². The van der Waals surface area contributed by atoms with Crippen molar-refractivity contribution in [3.8, 4) is 0 Å². The fourth-order valence-corrected chi connectivity index (χ4v) is 5.15. The predicted molar refractivity (Wildman–Crippen MR) is 163 cm³/mol. The second-order valence-electron chi connectivity index (χ2n) is 9.84. The van der Waals surface area contributed by atoms with Crippen molar-refractivity contribution < 1.29 is 4.79 Å². The van der Waals surface area contributed by atoms with Gasteiger partial charge in [-0.1, -0.05) is 55.9 Å². The van der Waals surface area contributed by atoms with E-state index < -0.39 is 0 Å². The first-order valence-corrected chi connectivity index (χ1v) is 14.2. The third-order valence-electron chi connectivity index (χ3n) is 6.48. The van der Waals surface area contributed by atoms with Crippen molar-refractivity contribution in [2.75, 3.05) is 17.6 Å². The number of amides is 1. The summed E-state index contributed by atoms with van der Waals surface area (Å²) in [5, 5.41) is 7.33. The number of rotatable bonds is 10. The normalized spacial score (nSPS) is 11.1. The summed E-state index contributed by atoms with van der Waals surface area (Å²) in [5.74, 6) is 0.810. The van der Waals surface area contributed by atoms with Crippen LogP contribution in [0, 0.1) is 0 Å². The Morgan fingerprint density at radius 3 is 2.52 bits per heavy atom. The quantitative estimate of drug-likeness (QED) is 0.128. The molecule has 0 radical (unpaired) electrons. The summed E-state index contributed by atoms with van der Waals surface area (Å²) in [4.78, 5) is 28.7. The van der Waals surface area contributed by atoms with Gasteiger partial charge in [-0.15, -0.1) is 0 Å². The number of aryl methyl sites for hydroxylation is 1. The summed E-state index contributed by atoms with van der Waals surface area (Å²) >= 11 is 1.58. The van der Waals surface area contributed by atoms with Gasteiger partial charge in [0.1, 0.15) is 12.1 Å². The van der Waals surface area contributed by atoms with E-state index in [9.17, 15) is 4.79 Å². The smallest absolute Gasteiger partial charge is 0.251 e. The highest BCUT2D eigenvalue weighted by atomic mass is 32.2. The Morgan fingerprint density at radius 1 is 0.950 bits per heavy atom. The van der Waals surface area contributed by atoms with Crippen LogP contribution in [0.5, 0.6) is 0 Å². The molecule has 0 saturated carbocycles. The Kier molecular flexibility index (Phi) is 8.56. The summed E-state index contributed by atoms with van der Waals surface area (Å²) < 4.78 is 0. The highest BCUT2D eigenvalue weighted by Crippen LogP contribution is 2.36. The van der Waals surface area contributed by atoms with Gasteiger partial charge in [0.15, 0.2) is 5.65 Å². The van der Waals surface area contributed by atoms with Gasteiger partial charge in [0.05, 0.1) is 11.1 Å². The van der Waals surface area contributed by atoms with Crippen LogP contribution in [-0.2, 0) is 6.42 Å². The molecule has 0 unspecified atom stereocenters. The maximum absolute atomic E-state index is 13.1. The van der Waals surface area contributed by atoms with Crippen LogP contribution in [0.3, 0.4) is 0 Å². The number of carbonyl (C=O) groups excluding carboxylic acids is 1. The van der Waals surface area contributed by atoms with E-state index in [0.29, 0.717) is 35.2 Å². The molecular formula is C32H32N6OS. The zero-order valence-corrected chi connectivity index (χ0v) is 23.4. The van der Waals surface area contributed by atoms with E-state index >= 15 is 0 Å². The number of hydrogen-bond donors (Lipinski definition) is 3. The fraction of sp³-hybridized carbons (Fsp3) is 0.188. The molecule has 0 spiro atoms. The Morgan fingerprint density at radius 2 is 1.75 bits per heavy atom. The summed E-state index contributed by atoms with van der Waals surface area (Å²) in [6.07, 6.45) is 3.29. The maximum atomic E-state index is 13.1. The van der Waals surface area contributed by atoms with Gasteiger partial charge in [-0.2, -0.15) is 0 Å². The molecule has 5 rings (SSSR count). The van der Waals surface area contributed by atoms with Gasteiger partial charge >= 0.3 is 0 Å². The highest BCUT2D eigenvalue weighted by molar-refractivity contribution is 7.99. The van der Waals surface area contributed by atoms with E-state index in [4.69, 9.17) is 10.7 Å². The minimum absolute atomic E-state index is 0.115. The van der Waals surface area contributed by atoms with Crippen molar-refractivity contribution in [1.29, 1.82) is 0 Å². The van der Waals surface area contributed by atoms with Crippen LogP contribution < -0.4 is 16.4 Å². The Labute approximate surface area is 238 Å². The Hall–Kier alpha value is -4.43. The summed E-state index contributed by atoms with van der Waals surface area (Å²) in [6.45, 7) is 4.81. The number of benzene rings is 3. The molecule has 3 aromatic carbocycles. The molecule has 2 aromatic heterocycles. The lowest BCUT2D eigenvalue weighted by molar-refractivity contribution is 0.0953. The molecule has 0 aliphatic heterocycles. The molecule has 2 heterocycles. The van der Waals surface area contributed by atoms with Crippen LogP contribution >= 0.6 is 11.8 Å². The second kappa shape index (κ2) is 12.6. The zero-order chi connectivity index (χ0) is 27.9. The van der Waals surface area contributed by atoms with Crippen molar-refractivity contribution in [1.82, 2.24) is 20.3 Å². The van der Waals surface area contributed by atoms with E-state index in [2.05, 4.69) is 46.6 Å². The molecule has 4 N–H and O–H groups in total. The van der Waals surface area contributed by atoms with Gasteiger partial charge in [0, 0.05) is 33.3 Å². The Bertz CT molecular complexity index is 1610. The molecular weight excluding hydrogens is 516 g/mol. The number of hydrogen-bond acceptors (Lipinski definition) is 7. The predicted octanol–water partition coefficient (Wildman–Crippen LogP) is 6.99. The number of nitrogens with two attached hydrogens (primary N) is 1. The fourth-order valence-electron chi connectivity index (χ4n) is 4.27. The average Bonchev–Trinajstić information content (AvgIpc) is 2.97. The summed E-state index contributed by atoms with van der Waals surface area (Å²) in [6, 6.07) is 27.7. The average molecular weight is 549 g/mol. The van der Waals surface area contributed by atoms with E-state index in [1.54, 1.807) is 11.8 Å². The number of nitrogen functional groups attached to an aromatic ring is 1. The van der Waals surface area contributed by atoms with Gasteiger partial charge in [-0.25, -0.2) is 15.0 Å². The summed E-state index contributed by atoms with van der Waals surface area (Å²) in [5.41, 5.74) is 10.8. The molecule has 7 nitrogen and oxygen atoms in total. The maximum Gasteiger partial charge on any atom is 0.251 e. The van der Waals surface area contributed by atoms with E-state index in [1.165, 1.54) is 11.9 Å². The van der Waals surface area contributed by atoms with Crippen LogP contribution in [0.4, 0.5) is 17.2 Å². The number of carbonyl (C=O) groups is 1. The topological polar surface area (TPSA) is 106 Å². The molecule has 5 aromatic rings. The van der Waals surface area contributed by atoms with Crippen LogP contribution in [0.2, 0.25) is 0 Å². The minimum atomic E-state index is -0.115. The van der Waals surface area contributed by atoms with Crippen molar-refractivity contribution in [3.63, 3.8) is 0 Å². The van der Waals surface area contributed by atoms with Gasteiger partial charge in [0.2, 0.25) is 0 Å². The number of aromatic nitrogens is 3. The van der Waals surface area contributed by atoms with Gasteiger partial charge in [-0.05, 0) is 78.9 Å². The van der Waals surface area contributed by atoms with Crippen LogP contribution in [0.1, 0.15) is 47.8 Å². The van der Waals surface area contributed by atoms with Crippen LogP contribution in [-0.4, -0.2) is 27.4 Å². The monoisotopic (exact) mass is 548 g/mol. The Balaban J connectivity index is 1.39. The first-order valence-electron chi connectivity index (χ1n) is 13.3. The standard InChI is InChI=1S/C32H32N6OS/c1-21(2)27-16-15-26-30(37-27)35-20-36-31(26)38-28-19-23(10-17-29(28)40-25-13-11-24(33)12-14-25)32(39)34-18-6-9-22-7-4-3-5-8-22/h3-5,7-8,10-17,19-21H,6,9,18,33H2,1-2H3,(H,34,39)(H,35,36,37,38). The largest absolute Gasteiger partial charge is 0.399 e. The van der Waals surface area contributed by atoms with Crippen molar-refractivity contribution >= 4 is 45.9 Å². The van der Waals surface area contributed by atoms with Crippen LogP contribution in [0.15, 0.2) is 101 Å².